The van der Waals surface area contributed by atoms with Crippen LogP contribution in [0.5, 0.6) is 11.5 Å². The number of para-hydroxylation sites is 1. The molecule has 8 heteroatoms. The number of β-amino-alcohol motifs (C(OH)–C–C–N with tert-alkyl or cyclic N) is 2. The molecule has 1 aromatic carbocycles. The fourth-order valence-electron chi connectivity index (χ4n) is 4.26. The van der Waals surface area contributed by atoms with Gasteiger partial charge in [-0.3, -0.25) is 4.90 Å². The number of pyridine rings is 1. The molecule has 2 fully saturated rings. The van der Waals surface area contributed by atoms with Gasteiger partial charge in [0.15, 0.2) is 10.9 Å². The first kappa shape index (κ1) is 19.4. The van der Waals surface area contributed by atoms with Crippen LogP contribution in [-0.2, 0) is 0 Å². The van der Waals surface area contributed by atoms with Crippen LogP contribution in [0.15, 0.2) is 42.5 Å². The molecule has 2 aliphatic rings. The van der Waals surface area contributed by atoms with Crippen molar-refractivity contribution in [3.63, 3.8) is 0 Å². The number of nitrogens with zero attached hydrogens (tertiary/aromatic N) is 2. The van der Waals surface area contributed by atoms with Gasteiger partial charge < -0.3 is 25.2 Å². The Hall–Kier alpha value is -1.90. The summed E-state index contributed by atoms with van der Waals surface area (Å²) in [6, 6.07) is 12.1. The van der Waals surface area contributed by atoms with Crippen LogP contribution in [0.3, 0.4) is 0 Å². The van der Waals surface area contributed by atoms with Gasteiger partial charge in [0.2, 0.25) is 0 Å². The summed E-state index contributed by atoms with van der Waals surface area (Å²) in [5, 5.41) is 41.6. The minimum Gasteiger partial charge on any atom is -0.505 e. The molecule has 4 N–H and O–H groups in total. The van der Waals surface area contributed by atoms with E-state index < -0.39 is 23.9 Å². The van der Waals surface area contributed by atoms with Gasteiger partial charge in [-0.1, -0.05) is 29.8 Å². The molecule has 7 nitrogen and oxygen atoms in total. The second-order valence-corrected chi connectivity index (χ2v) is 7.95. The smallest absolute Gasteiger partial charge is 0.171 e. The summed E-state index contributed by atoms with van der Waals surface area (Å²) in [5.74, 6) is 0.368. The van der Waals surface area contributed by atoms with Crippen LogP contribution >= 0.6 is 11.6 Å². The summed E-state index contributed by atoms with van der Waals surface area (Å²) < 4.78 is 5.87. The van der Waals surface area contributed by atoms with Crippen LogP contribution in [0.4, 0.5) is 0 Å². The van der Waals surface area contributed by atoms with Gasteiger partial charge in [-0.15, -0.1) is 0 Å². The molecule has 0 amide bonds. The van der Waals surface area contributed by atoms with E-state index in [0.29, 0.717) is 24.4 Å². The van der Waals surface area contributed by atoms with E-state index in [4.69, 9.17) is 16.3 Å². The van der Waals surface area contributed by atoms with Gasteiger partial charge in [0.25, 0.3) is 0 Å². The zero-order valence-corrected chi connectivity index (χ0v) is 15.9. The number of hydrogen-bond donors (Lipinski definition) is 4. The van der Waals surface area contributed by atoms with Gasteiger partial charge in [0.1, 0.15) is 29.7 Å². The van der Waals surface area contributed by atoms with Crippen molar-refractivity contribution < 1.29 is 25.2 Å². The number of ether oxygens (including phenoxy) is 1. The van der Waals surface area contributed by atoms with Gasteiger partial charge >= 0.3 is 0 Å². The highest BCUT2D eigenvalue weighted by Gasteiger charge is 2.59. The molecule has 5 atom stereocenters. The van der Waals surface area contributed by atoms with Crippen LogP contribution in [0.25, 0.3) is 0 Å². The molecule has 1 saturated carbocycles. The molecule has 1 aromatic heterocycles. The zero-order chi connectivity index (χ0) is 19.9. The summed E-state index contributed by atoms with van der Waals surface area (Å²) in [5.41, 5.74) is -0.933. The number of aromatic hydroxyl groups is 1. The standard InChI is InChI=1S/C20H23ClN2O5/c21-19-15(24)7-6-14(22-19)16(25)10-23-9-12-8-17(18(26)20(12,27)11-23)28-13-4-2-1-3-5-13/h1-7,12,16-18,24-27H,8-11H2/t12-,16?,17+,18+,20-/m0/s1. The van der Waals surface area contributed by atoms with Gasteiger partial charge in [0, 0.05) is 25.6 Å². The zero-order valence-electron chi connectivity index (χ0n) is 15.1. The minimum absolute atomic E-state index is 0.0650. The largest absolute Gasteiger partial charge is 0.505 e. The summed E-state index contributed by atoms with van der Waals surface area (Å²) in [7, 11) is 0. The maximum absolute atomic E-state index is 11.1. The lowest BCUT2D eigenvalue weighted by atomic mass is 9.93. The van der Waals surface area contributed by atoms with E-state index in [2.05, 4.69) is 4.98 Å². The number of benzene rings is 1. The Morgan fingerprint density at radius 2 is 2.00 bits per heavy atom. The number of rotatable bonds is 5. The normalized spacial score (nSPS) is 30.9. The van der Waals surface area contributed by atoms with E-state index in [0.717, 1.165) is 0 Å². The molecule has 2 aromatic rings. The molecule has 1 saturated heterocycles. The van der Waals surface area contributed by atoms with E-state index >= 15 is 0 Å². The molecular formula is C20H23ClN2O5. The summed E-state index contributed by atoms with van der Waals surface area (Å²) in [4.78, 5) is 5.89. The number of aromatic nitrogens is 1. The van der Waals surface area contributed by atoms with Crippen LogP contribution in [0.1, 0.15) is 18.2 Å². The molecule has 2 heterocycles. The third-order valence-electron chi connectivity index (χ3n) is 5.70. The number of likely N-dealkylation sites (tertiary alicyclic amines) is 1. The van der Waals surface area contributed by atoms with Crippen LogP contribution in [-0.4, -0.2) is 67.8 Å². The van der Waals surface area contributed by atoms with E-state index in [1.54, 1.807) is 0 Å². The molecule has 1 aliphatic heterocycles. The summed E-state index contributed by atoms with van der Waals surface area (Å²) in [6.45, 7) is 1.01. The van der Waals surface area contributed by atoms with E-state index in [9.17, 15) is 20.4 Å². The van der Waals surface area contributed by atoms with Crippen molar-refractivity contribution in [2.24, 2.45) is 5.92 Å². The highest BCUT2D eigenvalue weighted by molar-refractivity contribution is 6.30. The second kappa shape index (κ2) is 7.50. The fourth-order valence-corrected chi connectivity index (χ4v) is 4.42. The molecule has 1 unspecified atom stereocenters. The molecule has 150 valence electrons. The number of halogens is 1. The molecule has 4 rings (SSSR count). The van der Waals surface area contributed by atoms with Gasteiger partial charge in [-0.2, -0.15) is 0 Å². The molecule has 0 spiro atoms. The third kappa shape index (κ3) is 3.56. The van der Waals surface area contributed by atoms with Gasteiger partial charge in [-0.25, -0.2) is 4.98 Å². The van der Waals surface area contributed by atoms with Crippen molar-refractivity contribution in [2.75, 3.05) is 19.6 Å². The number of aliphatic hydroxyl groups is 3. The number of fused-ring (bicyclic) bond motifs is 1. The first-order chi connectivity index (χ1) is 13.4. The highest BCUT2D eigenvalue weighted by atomic mass is 35.5. The maximum Gasteiger partial charge on any atom is 0.171 e. The predicted octanol–water partition coefficient (Wildman–Crippen LogP) is 1.35. The van der Waals surface area contributed by atoms with E-state index in [-0.39, 0.29) is 29.9 Å². The molecular weight excluding hydrogens is 384 g/mol. The van der Waals surface area contributed by atoms with Crippen LogP contribution < -0.4 is 4.74 Å². The predicted molar refractivity (Wildman–Crippen MR) is 102 cm³/mol. The first-order valence-electron chi connectivity index (χ1n) is 9.25. The van der Waals surface area contributed by atoms with Crippen molar-refractivity contribution in [2.45, 2.75) is 30.3 Å². The Morgan fingerprint density at radius 1 is 1.25 bits per heavy atom. The van der Waals surface area contributed by atoms with Crippen LogP contribution in [0, 0.1) is 5.92 Å². The van der Waals surface area contributed by atoms with Crippen LogP contribution in [0.2, 0.25) is 5.15 Å². The molecule has 0 radical (unpaired) electrons. The Balaban J connectivity index is 1.39. The Morgan fingerprint density at radius 3 is 2.68 bits per heavy atom. The van der Waals surface area contributed by atoms with Gasteiger partial charge in [0.05, 0.1) is 5.69 Å². The highest BCUT2D eigenvalue weighted by Crippen LogP contribution is 2.43. The minimum atomic E-state index is -1.28. The van der Waals surface area contributed by atoms with Crippen molar-refractivity contribution in [1.29, 1.82) is 0 Å². The Labute approximate surface area is 167 Å². The summed E-state index contributed by atoms with van der Waals surface area (Å²) >= 11 is 5.80. The van der Waals surface area contributed by atoms with E-state index in [1.165, 1.54) is 12.1 Å². The quantitative estimate of drug-likeness (QED) is 0.555. The average molecular weight is 407 g/mol. The first-order valence-corrected chi connectivity index (χ1v) is 9.62. The molecule has 1 aliphatic carbocycles. The topological polar surface area (TPSA) is 106 Å². The van der Waals surface area contributed by atoms with Gasteiger partial charge in [-0.05, 0) is 30.7 Å². The maximum atomic E-state index is 11.1. The lowest BCUT2D eigenvalue weighted by molar-refractivity contribution is -0.0876. The molecule has 28 heavy (non-hydrogen) atoms. The van der Waals surface area contributed by atoms with Crippen molar-refractivity contribution in [1.82, 2.24) is 9.88 Å². The number of aliphatic hydroxyl groups excluding tert-OH is 2. The lowest BCUT2D eigenvalue weighted by Crippen LogP contribution is -2.49. The van der Waals surface area contributed by atoms with Crippen molar-refractivity contribution >= 4 is 11.6 Å². The van der Waals surface area contributed by atoms with Crippen molar-refractivity contribution in [3.8, 4) is 11.5 Å². The number of hydrogen-bond acceptors (Lipinski definition) is 7. The second-order valence-electron chi connectivity index (χ2n) is 7.59. The third-order valence-corrected chi connectivity index (χ3v) is 5.98. The Bertz CT molecular complexity index is 839. The molecule has 0 bridgehead atoms. The average Bonchev–Trinajstić information content (AvgIpc) is 3.10. The van der Waals surface area contributed by atoms with E-state index in [1.807, 2.05) is 35.2 Å². The lowest BCUT2D eigenvalue weighted by Gasteiger charge is -2.29. The monoisotopic (exact) mass is 406 g/mol. The fraction of sp³-hybridized carbons (Fsp3) is 0.450. The SMILES string of the molecule is Oc1ccc(C(O)CN2C[C@@H]3C[C@@H](Oc4ccccc4)[C@@H](O)[C@]3(O)C2)nc1Cl. The Kier molecular flexibility index (Phi) is 5.20. The summed E-state index contributed by atoms with van der Waals surface area (Å²) in [6.07, 6.45) is -1.88. The van der Waals surface area contributed by atoms with Crippen molar-refractivity contribution in [3.05, 3.63) is 53.3 Å².